The lowest BCUT2D eigenvalue weighted by atomic mass is 9.97. The SMILES string of the molecule is Cc1ccc(C)c(CC(Cc2c(Br)c(C)nn2C)NN)c1. The molecule has 0 fully saturated rings. The highest BCUT2D eigenvalue weighted by Crippen LogP contribution is 2.22. The molecule has 0 amide bonds. The molecule has 21 heavy (non-hydrogen) atoms. The predicted octanol–water partition coefficient (Wildman–Crippen LogP) is 2.72. The fraction of sp³-hybridized carbons (Fsp3) is 0.438. The fourth-order valence-electron chi connectivity index (χ4n) is 2.61. The van der Waals surface area contributed by atoms with Crippen molar-refractivity contribution in [3.05, 3.63) is 50.8 Å². The van der Waals surface area contributed by atoms with Gasteiger partial charge in [-0.15, -0.1) is 0 Å². The molecule has 0 aliphatic heterocycles. The third kappa shape index (κ3) is 3.73. The van der Waals surface area contributed by atoms with Crippen molar-refractivity contribution in [2.24, 2.45) is 12.9 Å². The molecule has 5 heteroatoms. The quantitative estimate of drug-likeness (QED) is 0.643. The first-order valence-corrected chi connectivity index (χ1v) is 7.92. The van der Waals surface area contributed by atoms with E-state index in [9.17, 15) is 0 Å². The first-order valence-electron chi connectivity index (χ1n) is 7.12. The second kappa shape index (κ2) is 6.73. The van der Waals surface area contributed by atoms with Crippen molar-refractivity contribution in [2.75, 3.05) is 0 Å². The van der Waals surface area contributed by atoms with E-state index in [1.54, 1.807) is 0 Å². The molecule has 0 saturated heterocycles. The molecular formula is C16H23BrN4. The first-order chi connectivity index (χ1) is 9.92. The Morgan fingerprint density at radius 2 is 2.00 bits per heavy atom. The van der Waals surface area contributed by atoms with Gasteiger partial charge in [-0.1, -0.05) is 23.8 Å². The van der Waals surface area contributed by atoms with Gasteiger partial charge in [0.25, 0.3) is 0 Å². The Morgan fingerprint density at radius 1 is 1.29 bits per heavy atom. The third-order valence-electron chi connectivity index (χ3n) is 3.91. The lowest BCUT2D eigenvalue weighted by molar-refractivity contribution is 0.503. The molecule has 1 aromatic heterocycles. The lowest BCUT2D eigenvalue weighted by Gasteiger charge is -2.18. The van der Waals surface area contributed by atoms with E-state index in [2.05, 4.69) is 58.5 Å². The molecule has 2 aromatic rings. The fourth-order valence-corrected chi connectivity index (χ4v) is 3.11. The summed E-state index contributed by atoms with van der Waals surface area (Å²) < 4.78 is 3.00. The molecule has 0 bridgehead atoms. The predicted molar refractivity (Wildman–Crippen MR) is 90.1 cm³/mol. The molecule has 0 spiro atoms. The van der Waals surface area contributed by atoms with Crippen molar-refractivity contribution in [3.8, 4) is 0 Å². The molecule has 0 aliphatic carbocycles. The van der Waals surface area contributed by atoms with Crippen LogP contribution in [0.1, 0.15) is 28.1 Å². The van der Waals surface area contributed by atoms with Gasteiger partial charge in [-0.2, -0.15) is 5.10 Å². The smallest absolute Gasteiger partial charge is 0.0738 e. The van der Waals surface area contributed by atoms with Gasteiger partial charge in [0.1, 0.15) is 0 Å². The topological polar surface area (TPSA) is 55.9 Å². The van der Waals surface area contributed by atoms with Crippen molar-refractivity contribution >= 4 is 15.9 Å². The third-order valence-corrected chi connectivity index (χ3v) is 4.94. The van der Waals surface area contributed by atoms with Crippen LogP contribution in [0.25, 0.3) is 0 Å². The highest BCUT2D eigenvalue weighted by molar-refractivity contribution is 9.10. The number of hydrogen-bond donors (Lipinski definition) is 2. The zero-order chi connectivity index (χ0) is 15.6. The zero-order valence-corrected chi connectivity index (χ0v) is 14.7. The van der Waals surface area contributed by atoms with E-state index >= 15 is 0 Å². The van der Waals surface area contributed by atoms with Crippen LogP contribution in [0.4, 0.5) is 0 Å². The maximum absolute atomic E-state index is 5.77. The number of nitrogens with zero attached hydrogens (tertiary/aromatic N) is 2. The molecule has 0 radical (unpaired) electrons. The van der Waals surface area contributed by atoms with Crippen molar-refractivity contribution < 1.29 is 0 Å². The molecule has 1 aromatic carbocycles. The largest absolute Gasteiger partial charge is 0.271 e. The number of benzene rings is 1. The van der Waals surface area contributed by atoms with E-state index in [1.165, 1.54) is 22.4 Å². The molecular weight excluding hydrogens is 328 g/mol. The van der Waals surface area contributed by atoms with Crippen LogP contribution < -0.4 is 11.3 Å². The van der Waals surface area contributed by atoms with Gasteiger partial charge in [0.05, 0.1) is 15.9 Å². The van der Waals surface area contributed by atoms with Gasteiger partial charge in [-0.25, -0.2) is 0 Å². The van der Waals surface area contributed by atoms with E-state index in [4.69, 9.17) is 5.84 Å². The number of halogens is 1. The number of rotatable bonds is 5. The number of aryl methyl sites for hydroxylation is 4. The summed E-state index contributed by atoms with van der Waals surface area (Å²) in [5.41, 5.74) is 9.05. The Labute approximate surface area is 134 Å². The molecule has 0 aliphatic rings. The van der Waals surface area contributed by atoms with Crippen molar-refractivity contribution in [1.29, 1.82) is 0 Å². The Bertz CT molecular complexity index is 633. The molecule has 2 rings (SSSR count). The summed E-state index contributed by atoms with van der Waals surface area (Å²) in [5, 5.41) is 4.44. The zero-order valence-electron chi connectivity index (χ0n) is 13.1. The summed E-state index contributed by atoms with van der Waals surface area (Å²) in [6, 6.07) is 6.73. The van der Waals surface area contributed by atoms with Gasteiger partial charge in [0.15, 0.2) is 0 Å². The van der Waals surface area contributed by atoms with Gasteiger partial charge >= 0.3 is 0 Å². The summed E-state index contributed by atoms with van der Waals surface area (Å²) in [6.45, 7) is 6.27. The molecule has 1 heterocycles. The van der Waals surface area contributed by atoms with Crippen molar-refractivity contribution in [2.45, 2.75) is 39.7 Å². The van der Waals surface area contributed by atoms with Crippen molar-refractivity contribution in [1.82, 2.24) is 15.2 Å². The maximum Gasteiger partial charge on any atom is 0.0738 e. The van der Waals surface area contributed by atoms with Crippen LogP contribution in [0.2, 0.25) is 0 Å². The number of aromatic nitrogens is 2. The normalized spacial score (nSPS) is 12.7. The monoisotopic (exact) mass is 350 g/mol. The average molecular weight is 351 g/mol. The number of nitrogens with one attached hydrogen (secondary N) is 1. The number of hydrazine groups is 1. The van der Waals surface area contributed by atoms with E-state index in [0.29, 0.717) is 0 Å². The summed E-state index contributed by atoms with van der Waals surface area (Å²) >= 11 is 3.62. The minimum atomic E-state index is 0.177. The number of nitrogens with two attached hydrogens (primary N) is 1. The number of hydrogen-bond acceptors (Lipinski definition) is 3. The molecule has 114 valence electrons. The van der Waals surface area contributed by atoms with E-state index < -0.39 is 0 Å². The van der Waals surface area contributed by atoms with E-state index in [-0.39, 0.29) is 6.04 Å². The van der Waals surface area contributed by atoms with Gasteiger partial charge in [0.2, 0.25) is 0 Å². The highest BCUT2D eigenvalue weighted by atomic mass is 79.9. The van der Waals surface area contributed by atoms with Gasteiger partial charge in [-0.3, -0.25) is 16.0 Å². The molecule has 1 atom stereocenters. The Kier molecular flexibility index (Phi) is 5.19. The van der Waals surface area contributed by atoms with Crippen LogP contribution in [-0.2, 0) is 19.9 Å². The van der Waals surface area contributed by atoms with Crippen LogP contribution in [0, 0.1) is 20.8 Å². The summed E-state index contributed by atoms with van der Waals surface area (Å²) in [5.74, 6) is 5.77. The van der Waals surface area contributed by atoms with Crippen LogP contribution in [0.15, 0.2) is 22.7 Å². The average Bonchev–Trinajstić information content (AvgIpc) is 2.68. The standard InChI is InChI=1S/C16H23BrN4/c1-10-5-6-11(2)13(7-10)8-14(19-18)9-15-16(17)12(3)20-21(15)4/h5-7,14,19H,8-9,18H2,1-4H3. The lowest BCUT2D eigenvalue weighted by Crippen LogP contribution is -2.39. The molecule has 4 nitrogen and oxygen atoms in total. The van der Waals surface area contributed by atoms with Crippen LogP contribution in [0.5, 0.6) is 0 Å². The second-order valence-corrected chi connectivity index (χ2v) is 6.46. The summed E-state index contributed by atoms with van der Waals surface area (Å²) in [6.07, 6.45) is 1.74. The Hall–Kier alpha value is -1.17. The second-order valence-electron chi connectivity index (χ2n) is 5.67. The van der Waals surface area contributed by atoms with Crippen LogP contribution in [0.3, 0.4) is 0 Å². The minimum absolute atomic E-state index is 0.177. The molecule has 1 unspecified atom stereocenters. The molecule has 0 saturated carbocycles. The van der Waals surface area contributed by atoms with Gasteiger partial charge in [0, 0.05) is 19.5 Å². The van der Waals surface area contributed by atoms with E-state index in [1.807, 2.05) is 18.7 Å². The maximum atomic E-state index is 5.77. The van der Waals surface area contributed by atoms with E-state index in [0.717, 1.165) is 23.0 Å². The first kappa shape index (κ1) is 16.2. The Morgan fingerprint density at radius 3 is 2.57 bits per heavy atom. The highest BCUT2D eigenvalue weighted by Gasteiger charge is 2.17. The molecule has 3 N–H and O–H groups in total. The Balaban J connectivity index is 2.19. The van der Waals surface area contributed by atoms with Gasteiger partial charge < -0.3 is 0 Å². The van der Waals surface area contributed by atoms with Crippen LogP contribution in [-0.4, -0.2) is 15.8 Å². The summed E-state index contributed by atoms with van der Waals surface area (Å²) in [4.78, 5) is 0. The minimum Gasteiger partial charge on any atom is -0.271 e. The van der Waals surface area contributed by atoms with Gasteiger partial charge in [-0.05, 0) is 54.2 Å². The van der Waals surface area contributed by atoms with Crippen LogP contribution >= 0.6 is 15.9 Å². The summed E-state index contributed by atoms with van der Waals surface area (Å²) in [7, 11) is 1.97. The van der Waals surface area contributed by atoms with Crippen molar-refractivity contribution in [3.63, 3.8) is 0 Å².